The van der Waals surface area contributed by atoms with Crippen molar-refractivity contribution in [2.45, 2.75) is 19.3 Å². The van der Waals surface area contributed by atoms with Crippen molar-refractivity contribution in [2.75, 3.05) is 0 Å². The number of ketones is 1. The number of carbonyl (C=O) groups is 2. The van der Waals surface area contributed by atoms with Crippen LogP contribution in [0.1, 0.15) is 45.5 Å². The van der Waals surface area contributed by atoms with Crippen LogP contribution in [0.25, 0.3) is 0 Å². The third-order valence-electron chi connectivity index (χ3n) is 2.69. The molecule has 0 radical (unpaired) electrons. The summed E-state index contributed by atoms with van der Waals surface area (Å²) in [6.45, 7) is 1.72. The van der Waals surface area contributed by atoms with Gasteiger partial charge in [-0.2, -0.15) is 0 Å². The number of Topliss-reactive ketones (excluding diaryl/α,β-unsaturated/α-hetero) is 1. The lowest BCUT2D eigenvalue weighted by Gasteiger charge is -2.06. The summed E-state index contributed by atoms with van der Waals surface area (Å²) in [5.41, 5.74) is 0.204. The fraction of sp³-hybridized carbons (Fsp3) is 0.273. The van der Waals surface area contributed by atoms with Crippen LogP contribution in [0.5, 0.6) is 0 Å². The lowest BCUT2D eigenvalue weighted by molar-refractivity contribution is 0.0692. The van der Waals surface area contributed by atoms with Crippen molar-refractivity contribution < 1.29 is 19.1 Å². The first kappa shape index (κ1) is 9.83. The highest BCUT2D eigenvalue weighted by Crippen LogP contribution is 2.36. The van der Waals surface area contributed by atoms with E-state index in [-0.39, 0.29) is 34.8 Å². The molecule has 0 heterocycles. The average molecular weight is 208 g/mol. The lowest BCUT2D eigenvalue weighted by Crippen LogP contribution is -2.06. The van der Waals surface area contributed by atoms with Crippen LogP contribution in [-0.2, 0) is 0 Å². The maximum Gasteiger partial charge on any atom is 0.336 e. The van der Waals surface area contributed by atoms with Gasteiger partial charge in [0.25, 0.3) is 0 Å². The second-order valence-corrected chi connectivity index (χ2v) is 3.72. The van der Waals surface area contributed by atoms with E-state index in [1.165, 1.54) is 0 Å². The van der Waals surface area contributed by atoms with Crippen molar-refractivity contribution in [3.63, 3.8) is 0 Å². The van der Waals surface area contributed by atoms with Crippen LogP contribution in [0, 0.1) is 5.82 Å². The first-order valence-electron chi connectivity index (χ1n) is 4.61. The molecule has 0 spiro atoms. The van der Waals surface area contributed by atoms with Crippen molar-refractivity contribution >= 4 is 11.8 Å². The maximum atomic E-state index is 13.4. The fourth-order valence-electron chi connectivity index (χ4n) is 2.04. The Bertz CT molecular complexity index is 465. The summed E-state index contributed by atoms with van der Waals surface area (Å²) in [6, 6.07) is 2.25. The molecule has 1 aromatic carbocycles. The predicted octanol–water partition coefficient (Wildman–Crippen LogP) is 2.21. The Morgan fingerprint density at radius 2 is 2.20 bits per heavy atom. The number of carboxylic acid groups (broad SMARTS) is 1. The second-order valence-electron chi connectivity index (χ2n) is 3.72. The highest BCUT2D eigenvalue weighted by Gasteiger charge is 2.33. The number of fused-ring (bicyclic) bond motifs is 1. The normalized spacial score (nSPS) is 19.1. The van der Waals surface area contributed by atoms with Gasteiger partial charge in [-0.15, -0.1) is 0 Å². The van der Waals surface area contributed by atoms with Gasteiger partial charge in [0, 0.05) is 17.5 Å². The van der Waals surface area contributed by atoms with Crippen LogP contribution in [0.15, 0.2) is 12.1 Å². The van der Waals surface area contributed by atoms with E-state index < -0.39 is 11.8 Å². The van der Waals surface area contributed by atoms with Crippen molar-refractivity contribution in [1.82, 2.24) is 0 Å². The van der Waals surface area contributed by atoms with Gasteiger partial charge in [0.15, 0.2) is 5.78 Å². The van der Waals surface area contributed by atoms with Crippen molar-refractivity contribution in [1.29, 1.82) is 0 Å². The summed E-state index contributed by atoms with van der Waals surface area (Å²) in [5, 5.41) is 8.87. The minimum atomic E-state index is -1.19. The monoisotopic (exact) mass is 208 g/mol. The molecule has 0 aliphatic heterocycles. The van der Waals surface area contributed by atoms with Gasteiger partial charge in [-0.1, -0.05) is 6.92 Å². The zero-order valence-corrected chi connectivity index (χ0v) is 8.08. The second kappa shape index (κ2) is 3.15. The van der Waals surface area contributed by atoms with E-state index in [4.69, 9.17) is 5.11 Å². The quantitative estimate of drug-likeness (QED) is 0.769. The minimum Gasteiger partial charge on any atom is -0.478 e. The molecule has 0 saturated carbocycles. The first-order valence-corrected chi connectivity index (χ1v) is 4.61. The molecule has 78 valence electrons. The van der Waals surface area contributed by atoms with E-state index in [1.54, 1.807) is 6.92 Å². The Balaban J connectivity index is 2.75. The van der Waals surface area contributed by atoms with E-state index in [0.29, 0.717) is 0 Å². The molecule has 0 aromatic heterocycles. The summed E-state index contributed by atoms with van der Waals surface area (Å²) in [7, 11) is 0. The zero-order valence-electron chi connectivity index (χ0n) is 8.08. The lowest BCUT2D eigenvalue weighted by atomic mass is 9.99. The standard InChI is InChI=1S/C11H9FO3/c1-5-4-8(13)10-6(11(14)15)2-3-7(12)9(5)10/h2-3,5H,4H2,1H3,(H,14,15)/t5-/m0/s1. The molecule has 1 aromatic rings. The van der Waals surface area contributed by atoms with Gasteiger partial charge in [0.1, 0.15) is 5.82 Å². The van der Waals surface area contributed by atoms with Gasteiger partial charge in [-0.3, -0.25) is 4.79 Å². The van der Waals surface area contributed by atoms with Crippen LogP contribution in [-0.4, -0.2) is 16.9 Å². The summed E-state index contributed by atoms with van der Waals surface area (Å²) >= 11 is 0. The molecule has 1 atom stereocenters. The van der Waals surface area contributed by atoms with Gasteiger partial charge in [0.2, 0.25) is 0 Å². The van der Waals surface area contributed by atoms with Gasteiger partial charge < -0.3 is 5.11 Å². The van der Waals surface area contributed by atoms with E-state index in [1.807, 2.05) is 0 Å². The van der Waals surface area contributed by atoms with Crippen molar-refractivity contribution in [2.24, 2.45) is 0 Å². The third kappa shape index (κ3) is 1.33. The van der Waals surface area contributed by atoms with Crippen LogP contribution >= 0.6 is 0 Å². The van der Waals surface area contributed by atoms with Crippen molar-refractivity contribution in [3.8, 4) is 0 Å². The number of hydrogen-bond acceptors (Lipinski definition) is 2. The number of halogens is 1. The Hall–Kier alpha value is -1.71. The summed E-state index contributed by atoms with van der Waals surface area (Å²) in [5.74, 6) is -2.19. The fourth-order valence-corrected chi connectivity index (χ4v) is 2.04. The molecule has 0 amide bonds. The van der Waals surface area contributed by atoms with E-state index in [0.717, 1.165) is 12.1 Å². The summed E-state index contributed by atoms with van der Waals surface area (Å²) in [6.07, 6.45) is 0.191. The highest BCUT2D eigenvalue weighted by atomic mass is 19.1. The Kier molecular flexibility index (Phi) is 2.07. The van der Waals surface area contributed by atoms with Crippen LogP contribution in [0.4, 0.5) is 4.39 Å². The first-order chi connectivity index (χ1) is 7.02. The van der Waals surface area contributed by atoms with Crippen LogP contribution in [0.3, 0.4) is 0 Å². The largest absolute Gasteiger partial charge is 0.478 e. The topological polar surface area (TPSA) is 54.4 Å². The predicted molar refractivity (Wildman–Crippen MR) is 50.7 cm³/mol. The molecule has 0 bridgehead atoms. The van der Waals surface area contributed by atoms with Crippen LogP contribution in [0.2, 0.25) is 0 Å². The summed E-state index contributed by atoms with van der Waals surface area (Å²) in [4.78, 5) is 22.4. The Morgan fingerprint density at radius 3 is 2.80 bits per heavy atom. The third-order valence-corrected chi connectivity index (χ3v) is 2.69. The van der Waals surface area contributed by atoms with E-state index in [9.17, 15) is 14.0 Å². The molecule has 4 heteroatoms. The van der Waals surface area contributed by atoms with E-state index >= 15 is 0 Å². The molecule has 0 unspecified atom stereocenters. The zero-order chi connectivity index (χ0) is 11.2. The number of hydrogen-bond donors (Lipinski definition) is 1. The molecule has 2 rings (SSSR count). The molecular weight excluding hydrogens is 199 g/mol. The number of carbonyl (C=O) groups excluding carboxylic acids is 1. The molecule has 1 N–H and O–H groups in total. The minimum absolute atomic E-state index is 0.0509. The number of rotatable bonds is 1. The molecule has 3 nitrogen and oxygen atoms in total. The molecule has 15 heavy (non-hydrogen) atoms. The SMILES string of the molecule is C[C@H]1CC(=O)c2c(C(=O)O)ccc(F)c21. The molecule has 0 saturated heterocycles. The molecule has 1 aliphatic rings. The van der Waals surface area contributed by atoms with Crippen LogP contribution < -0.4 is 0 Å². The van der Waals surface area contributed by atoms with Gasteiger partial charge >= 0.3 is 5.97 Å². The van der Waals surface area contributed by atoms with Gasteiger partial charge in [-0.05, 0) is 18.1 Å². The number of benzene rings is 1. The smallest absolute Gasteiger partial charge is 0.336 e. The highest BCUT2D eigenvalue weighted by molar-refractivity contribution is 6.09. The number of carboxylic acids is 1. The average Bonchev–Trinajstić information content (AvgIpc) is 2.43. The summed E-state index contributed by atoms with van der Waals surface area (Å²) < 4.78 is 13.4. The Labute approximate surface area is 85.5 Å². The number of aromatic carboxylic acids is 1. The van der Waals surface area contributed by atoms with Gasteiger partial charge in [-0.25, -0.2) is 9.18 Å². The molecular formula is C11H9FO3. The molecule has 1 aliphatic carbocycles. The molecule has 0 fully saturated rings. The Morgan fingerprint density at radius 1 is 1.53 bits per heavy atom. The van der Waals surface area contributed by atoms with E-state index in [2.05, 4.69) is 0 Å². The van der Waals surface area contributed by atoms with Crippen molar-refractivity contribution in [3.05, 3.63) is 34.6 Å². The van der Waals surface area contributed by atoms with Gasteiger partial charge in [0.05, 0.1) is 5.56 Å². The maximum absolute atomic E-state index is 13.4.